The molecular formula is C16H25N5O2. The molecule has 7 nitrogen and oxygen atoms in total. The molecule has 1 saturated carbocycles. The van der Waals surface area contributed by atoms with E-state index in [0.717, 1.165) is 29.9 Å². The van der Waals surface area contributed by atoms with E-state index in [1.807, 2.05) is 18.0 Å². The predicted octanol–water partition coefficient (Wildman–Crippen LogP) is 1.40. The van der Waals surface area contributed by atoms with Crippen molar-refractivity contribution in [2.45, 2.75) is 45.4 Å². The van der Waals surface area contributed by atoms with Crippen molar-refractivity contribution in [1.82, 2.24) is 20.4 Å². The number of carbonyl (C=O) groups is 1. The van der Waals surface area contributed by atoms with E-state index in [4.69, 9.17) is 4.74 Å². The van der Waals surface area contributed by atoms with Gasteiger partial charge in [0.2, 0.25) is 0 Å². The first-order chi connectivity index (χ1) is 11.0. The van der Waals surface area contributed by atoms with Gasteiger partial charge in [-0.2, -0.15) is 5.10 Å². The topological polar surface area (TPSA) is 79.4 Å². The van der Waals surface area contributed by atoms with Crippen molar-refractivity contribution in [3.8, 4) is 0 Å². The Balaban J connectivity index is 1.63. The molecule has 2 unspecified atom stereocenters. The molecule has 0 spiro atoms. The summed E-state index contributed by atoms with van der Waals surface area (Å²) < 4.78 is 5.44. The van der Waals surface area contributed by atoms with Crippen molar-refractivity contribution < 1.29 is 9.53 Å². The molecule has 1 fully saturated rings. The maximum absolute atomic E-state index is 12.6. The van der Waals surface area contributed by atoms with Crippen LogP contribution in [0, 0.1) is 5.41 Å². The second-order valence-corrected chi connectivity index (χ2v) is 6.91. The summed E-state index contributed by atoms with van der Waals surface area (Å²) in [6.45, 7) is 5.52. The molecule has 0 radical (unpaired) electrons. The van der Waals surface area contributed by atoms with Crippen molar-refractivity contribution in [1.29, 1.82) is 0 Å². The molecule has 2 amide bonds. The monoisotopic (exact) mass is 319 g/mol. The van der Waals surface area contributed by atoms with Crippen LogP contribution in [0.5, 0.6) is 0 Å². The highest BCUT2D eigenvalue weighted by molar-refractivity contribution is 5.75. The zero-order valence-corrected chi connectivity index (χ0v) is 14.2. The summed E-state index contributed by atoms with van der Waals surface area (Å²) >= 11 is 0. The molecule has 0 aromatic carbocycles. The number of rotatable bonds is 3. The Hall–Kier alpha value is -1.89. The highest BCUT2D eigenvalue weighted by Gasteiger charge is 2.49. The van der Waals surface area contributed by atoms with Gasteiger partial charge in [0.1, 0.15) is 5.82 Å². The first-order valence-corrected chi connectivity index (χ1v) is 8.07. The molecule has 2 atom stereocenters. The lowest BCUT2D eigenvalue weighted by atomic mass is 9.64. The molecule has 3 rings (SSSR count). The summed E-state index contributed by atoms with van der Waals surface area (Å²) in [5, 5.41) is 14.5. The zero-order valence-electron chi connectivity index (χ0n) is 14.2. The fraction of sp³-hybridized carbons (Fsp3) is 0.688. The second-order valence-electron chi connectivity index (χ2n) is 6.91. The van der Waals surface area contributed by atoms with Crippen molar-refractivity contribution in [2.75, 3.05) is 26.0 Å². The lowest BCUT2D eigenvalue weighted by molar-refractivity contribution is -0.0944. The van der Waals surface area contributed by atoms with Crippen LogP contribution in [0.3, 0.4) is 0 Å². The average Bonchev–Trinajstić information content (AvgIpc) is 2.56. The molecule has 1 aromatic heterocycles. The summed E-state index contributed by atoms with van der Waals surface area (Å²) in [4.78, 5) is 14.4. The number of carbonyl (C=O) groups excluding carboxylic acids is 1. The second kappa shape index (κ2) is 5.96. The first-order valence-electron chi connectivity index (χ1n) is 8.07. The van der Waals surface area contributed by atoms with Gasteiger partial charge in [-0.1, -0.05) is 13.8 Å². The van der Waals surface area contributed by atoms with Crippen LogP contribution in [0.4, 0.5) is 10.6 Å². The largest absolute Gasteiger partial charge is 0.381 e. The number of methoxy groups -OCH3 is 1. The Bertz CT molecular complexity index is 604. The lowest BCUT2D eigenvalue weighted by Crippen LogP contribution is -2.63. The Morgan fingerprint density at radius 2 is 2.22 bits per heavy atom. The van der Waals surface area contributed by atoms with Crippen molar-refractivity contribution >= 4 is 11.8 Å². The number of hydrogen-bond donors (Lipinski definition) is 2. The molecule has 23 heavy (non-hydrogen) atoms. The minimum Gasteiger partial charge on any atom is -0.381 e. The van der Waals surface area contributed by atoms with Crippen LogP contribution in [0.1, 0.15) is 31.5 Å². The van der Waals surface area contributed by atoms with Gasteiger partial charge in [-0.05, 0) is 18.1 Å². The van der Waals surface area contributed by atoms with Gasteiger partial charge in [-0.15, -0.1) is 5.10 Å². The molecule has 1 aromatic rings. The van der Waals surface area contributed by atoms with E-state index in [1.54, 1.807) is 7.11 Å². The smallest absolute Gasteiger partial charge is 0.317 e. The Kier molecular flexibility index (Phi) is 4.14. The van der Waals surface area contributed by atoms with E-state index in [0.29, 0.717) is 13.1 Å². The fourth-order valence-corrected chi connectivity index (χ4v) is 3.39. The third-order valence-corrected chi connectivity index (χ3v) is 5.24. The SMILES string of the molecule is CNc1cc2c(nn1)CCN(C(=O)NC1CC(OC)C1(C)C)C2. The molecule has 7 heteroatoms. The van der Waals surface area contributed by atoms with Gasteiger partial charge in [0, 0.05) is 45.1 Å². The normalized spacial score (nSPS) is 25.3. The Labute approximate surface area is 136 Å². The van der Waals surface area contributed by atoms with Gasteiger partial charge in [0.15, 0.2) is 0 Å². The van der Waals surface area contributed by atoms with Crippen molar-refractivity contribution in [2.24, 2.45) is 5.41 Å². The van der Waals surface area contributed by atoms with Crippen LogP contribution in [0.15, 0.2) is 6.07 Å². The van der Waals surface area contributed by atoms with Crippen LogP contribution in [0.25, 0.3) is 0 Å². The number of hydrogen-bond acceptors (Lipinski definition) is 5. The van der Waals surface area contributed by atoms with Gasteiger partial charge in [0.25, 0.3) is 0 Å². The summed E-state index contributed by atoms with van der Waals surface area (Å²) in [5.74, 6) is 0.731. The lowest BCUT2D eigenvalue weighted by Gasteiger charge is -2.51. The van der Waals surface area contributed by atoms with Crippen LogP contribution in [-0.4, -0.2) is 54.0 Å². The highest BCUT2D eigenvalue weighted by Crippen LogP contribution is 2.42. The van der Waals surface area contributed by atoms with Crippen LogP contribution in [-0.2, 0) is 17.7 Å². The average molecular weight is 319 g/mol. The summed E-state index contributed by atoms with van der Waals surface area (Å²) in [6, 6.07) is 2.12. The Morgan fingerprint density at radius 1 is 1.43 bits per heavy atom. The van der Waals surface area contributed by atoms with E-state index in [-0.39, 0.29) is 23.6 Å². The fourth-order valence-electron chi connectivity index (χ4n) is 3.39. The molecule has 2 heterocycles. The van der Waals surface area contributed by atoms with Crippen LogP contribution >= 0.6 is 0 Å². The van der Waals surface area contributed by atoms with Crippen LogP contribution < -0.4 is 10.6 Å². The summed E-state index contributed by atoms with van der Waals surface area (Å²) in [7, 11) is 3.54. The number of amides is 2. The predicted molar refractivity (Wildman–Crippen MR) is 87.2 cm³/mol. The van der Waals surface area contributed by atoms with Gasteiger partial charge >= 0.3 is 6.03 Å². The molecule has 0 saturated heterocycles. The summed E-state index contributed by atoms with van der Waals surface area (Å²) in [6.07, 6.45) is 1.83. The quantitative estimate of drug-likeness (QED) is 0.880. The molecule has 126 valence electrons. The maximum Gasteiger partial charge on any atom is 0.317 e. The number of aromatic nitrogens is 2. The molecule has 0 bridgehead atoms. The van der Waals surface area contributed by atoms with Crippen molar-refractivity contribution in [3.05, 3.63) is 17.3 Å². The number of nitrogens with zero attached hydrogens (tertiary/aromatic N) is 3. The van der Waals surface area contributed by atoms with Gasteiger partial charge in [-0.25, -0.2) is 4.79 Å². The van der Waals surface area contributed by atoms with Gasteiger partial charge in [-0.3, -0.25) is 0 Å². The highest BCUT2D eigenvalue weighted by atomic mass is 16.5. The van der Waals surface area contributed by atoms with Gasteiger partial charge in [0.05, 0.1) is 11.8 Å². The third kappa shape index (κ3) is 2.85. The minimum absolute atomic E-state index is 0.00824. The van der Waals surface area contributed by atoms with E-state index < -0.39 is 0 Å². The maximum atomic E-state index is 12.6. The van der Waals surface area contributed by atoms with E-state index in [2.05, 4.69) is 34.7 Å². The van der Waals surface area contributed by atoms with E-state index in [9.17, 15) is 4.79 Å². The number of urea groups is 1. The molecule has 1 aliphatic heterocycles. The standard InChI is InChI=1S/C16H25N5O2/c1-16(2)12(8-13(16)23-4)18-15(22)21-6-5-11-10(9-21)7-14(17-3)20-19-11/h7,12-13H,5-6,8-9H2,1-4H3,(H,17,20)(H,18,22). The summed E-state index contributed by atoms with van der Waals surface area (Å²) in [5.41, 5.74) is 2.02. The van der Waals surface area contributed by atoms with E-state index >= 15 is 0 Å². The molecule has 2 aliphatic rings. The molecular weight excluding hydrogens is 294 g/mol. The number of nitrogens with one attached hydrogen (secondary N) is 2. The first kappa shape index (κ1) is 16.0. The minimum atomic E-state index is -0.0249. The van der Waals surface area contributed by atoms with E-state index in [1.165, 1.54) is 0 Å². The molecule has 2 N–H and O–H groups in total. The number of anilines is 1. The zero-order chi connectivity index (χ0) is 16.6. The number of fused-ring (bicyclic) bond motifs is 1. The van der Waals surface area contributed by atoms with Crippen LogP contribution in [0.2, 0.25) is 0 Å². The molecule has 1 aliphatic carbocycles. The van der Waals surface area contributed by atoms with Gasteiger partial charge < -0.3 is 20.3 Å². The third-order valence-electron chi connectivity index (χ3n) is 5.24. The Morgan fingerprint density at radius 3 is 2.87 bits per heavy atom. The number of ether oxygens (including phenoxy) is 1. The van der Waals surface area contributed by atoms with Crippen molar-refractivity contribution in [3.63, 3.8) is 0 Å².